The highest BCUT2D eigenvalue weighted by atomic mass is 35.5. The van der Waals surface area contributed by atoms with Gasteiger partial charge in [-0.25, -0.2) is 0 Å². The summed E-state index contributed by atoms with van der Waals surface area (Å²) in [7, 11) is 0. The number of hydrogen-bond donors (Lipinski definition) is 0. The molecule has 1 aliphatic rings. The molecule has 1 aromatic heterocycles. The first-order valence-corrected chi connectivity index (χ1v) is 7.71. The van der Waals surface area contributed by atoms with Crippen LogP contribution in [0.25, 0.3) is 0 Å². The molecule has 2 unspecified atom stereocenters. The fourth-order valence-electron chi connectivity index (χ4n) is 3.13. The summed E-state index contributed by atoms with van der Waals surface area (Å²) in [4.78, 5) is 16.7. The van der Waals surface area contributed by atoms with Crippen LogP contribution in [0.3, 0.4) is 0 Å². The number of aromatic nitrogens is 1. The molecule has 2 rings (SSSR count). The lowest BCUT2D eigenvalue weighted by atomic mass is 9.75. The van der Waals surface area contributed by atoms with Crippen molar-refractivity contribution in [2.45, 2.75) is 51.6 Å². The number of Topliss-reactive ketones (excluding diaryl/α,β-unsaturated/α-hetero) is 1. The minimum Gasteiger partial charge on any atom is -0.367 e. The highest BCUT2D eigenvalue weighted by molar-refractivity contribution is 6.31. The Bertz CT molecular complexity index is 473. The van der Waals surface area contributed by atoms with E-state index in [9.17, 15) is 4.79 Å². The number of ketones is 1. The fraction of sp³-hybridized carbons (Fsp3) is 0.625. The average Bonchev–Trinajstić information content (AvgIpc) is 2.41. The van der Waals surface area contributed by atoms with Crippen molar-refractivity contribution in [3.05, 3.63) is 29.0 Å². The number of ether oxygens (including phenoxy) is 1. The second kappa shape index (κ2) is 6.68. The van der Waals surface area contributed by atoms with E-state index in [4.69, 9.17) is 16.3 Å². The fourth-order valence-corrected chi connectivity index (χ4v) is 3.31. The van der Waals surface area contributed by atoms with E-state index in [1.807, 2.05) is 13.0 Å². The first-order valence-electron chi connectivity index (χ1n) is 7.33. The summed E-state index contributed by atoms with van der Waals surface area (Å²) in [5, 5.41) is 0.552. The van der Waals surface area contributed by atoms with Crippen LogP contribution in [0.4, 0.5) is 0 Å². The first kappa shape index (κ1) is 15.5. The quantitative estimate of drug-likeness (QED) is 0.828. The standard InChI is InChI=1S/C16H22ClNO2/c1-3-20-16(7-4-5-12(2)10-16)15(19)9-13-6-8-18-11-14(13)17/h6,8,11-12H,3-5,7,9-10H2,1-2H3. The minimum atomic E-state index is -0.612. The molecule has 0 saturated heterocycles. The summed E-state index contributed by atoms with van der Waals surface area (Å²) in [6.07, 6.45) is 7.46. The Labute approximate surface area is 125 Å². The van der Waals surface area contributed by atoms with E-state index in [0.29, 0.717) is 24.0 Å². The smallest absolute Gasteiger partial charge is 0.169 e. The molecule has 3 nitrogen and oxygen atoms in total. The van der Waals surface area contributed by atoms with Crippen LogP contribution in [-0.2, 0) is 16.0 Å². The zero-order valence-corrected chi connectivity index (χ0v) is 12.9. The summed E-state index contributed by atoms with van der Waals surface area (Å²) >= 11 is 6.10. The van der Waals surface area contributed by atoms with Gasteiger partial charge in [-0.1, -0.05) is 24.9 Å². The zero-order valence-electron chi connectivity index (χ0n) is 12.2. The molecule has 0 spiro atoms. The number of rotatable bonds is 5. The molecule has 0 amide bonds. The Hall–Kier alpha value is -0.930. The third kappa shape index (κ3) is 3.39. The molecule has 1 aliphatic carbocycles. The number of carbonyl (C=O) groups is 1. The molecule has 1 aromatic rings. The van der Waals surface area contributed by atoms with Crippen molar-refractivity contribution in [3.8, 4) is 0 Å². The molecule has 0 radical (unpaired) electrons. The maximum absolute atomic E-state index is 12.8. The predicted octanol–water partition coefficient (Wildman–Crippen LogP) is 3.83. The van der Waals surface area contributed by atoms with Crippen LogP contribution in [0.5, 0.6) is 0 Å². The Kier molecular flexibility index (Phi) is 5.17. The first-order chi connectivity index (χ1) is 9.57. The largest absolute Gasteiger partial charge is 0.367 e. The van der Waals surface area contributed by atoms with E-state index in [1.165, 1.54) is 6.42 Å². The normalized spacial score (nSPS) is 26.4. The topological polar surface area (TPSA) is 39.2 Å². The molecule has 0 bridgehead atoms. The van der Waals surface area contributed by atoms with Gasteiger partial charge in [0.05, 0.1) is 5.02 Å². The summed E-state index contributed by atoms with van der Waals surface area (Å²) in [6.45, 7) is 4.72. The van der Waals surface area contributed by atoms with Gasteiger partial charge in [0.1, 0.15) is 5.60 Å². The Morgan fingerprint density at radius 3 is 3.05 bits per heavy atom. The minimum absolute atomic E-state index is 0.152. The van der Waals surface area contributed by atoms with Crippen LogP contribution >= 0.6 is 11.6 Å². The molecular weight excluding hydrogens is 274 g/mol. The van der Waals surface area contributed by atoms with Crippen LogP contribution in [0.1, 0.15) is 45.1 Å². The van der Waals surface area contributed by atoms with Crippen LogP contribution in [0.15, 0.2) is 18.5 Å². The maximum atomic E-state index is 12.8. The van der Waals surface area contributed by atoms with Crippen LogP contribution in [-0.4, -0.2) is 23.0 Å². The molecule has 1 saturated carbocycles. The third-order valence-corrected chi connectivity index (χ3v) is 4.43. The van der Waals surface area contributed by atoms with E-state index in [-0.39, 0.29) is 5.78 Å². The van der Waals surface area contributed by atoms with Gasteiger partial charge in [-0.15, -0.1) is 0 Å². The van der Waals surface area contributed by atoms with Gasteiger partial charge in [0.2, 0.25) is 0 Å². The van der Waals surface area contributed by atoms with Gasteiger partial charge in [-0.05, 0) is 43.7 Å². The van der Waals surface area contributed by atoms with Crippen LogP contribution in [0, 0.1) is 5.92 Å². The van der Waals surface area contributed by atoms with Gasteiger partial charge >= 0.3 is 0 Å². The summed E-state index contributed by atoms with van der Waals surface area (Å²) in [5.41, 5.74) is 0.225. The monoisotopic (exact) mass is 295 g/mol. The maximum Gasteiger partial charge on any atom is 0.169 e. The van der Waals surface area contributed by atoms with Gasteiger partial charge in [-0.3, -0.25) is 9.78 Å². The van der Waals surface area contributed by atoms with Crippen LogP contribution in [0.2, 0.25) is 5.02 Å². The molecule has 110 valence electrons. The average molecular weight is 296 g/mol. The second-order valence-corrected chi connectivity index (χ2v) is 6.10. The van der Waals surface area contributed by atoms with Crippen molar-refractivity contribution < 1.29 is 9.53 Å². The lowest BCUT2D eigenvalue weighted by Gasteiger charge is -2.38. The molecule has 0 aliphatic heterocycles. The lowest BCUT2D eigenvalue weighted by Crippen LogP contribution is -2.46. The highest BCUT2D eigenvalue weighted by Gasteiger charge is 2.42. The summed E-state index contributed by atoms with van der Waals surface area (Å²) in [6, 6.07) is 1.81. The van der Waals surface area contributed by atoms with Gasteiger partial charge < -0.3 is 4.74 Å². The molecule has 1 heterocycles. The molecule has 2 atom stereocenters. The summed E-state index contributed by atoms with van der Waals surface area (Å²) < 4.78 is 5.91. The number of carbonyl (C=O) groups excluding carboxylic acids is 1. The lowest BCUT2D eigenvalue weighted by molar-refractivity contribution is -0.150. The van der Waals surface area contributed by atoms with Gasteiger partial charge in [-0.2, -0.15) is 0 Å². The number of halogens is 1. The van der Waals surface area contributed by atoms with Crippen molar-refractivity contribution in [2.24, 2.45) is 5.92 Å². The van der Waals surface area contributed by atoms with E-state index in [2.05, 4.69) is 11.9 Å². The second-order valence-electron chi connectivity index (χ2n) is 5.70. The zero-order chi connectivity index (χ0) is 14.6. The van der Waals surface area contributed by atoms with Crippen molar-refractivity contribution in [2.75, 3.05) is 6.61 Å². The SMILES string of the molecule is CCOC1(C(=O)Cc2ccncc2Cl)CCCC(C)C1. The Balaban J connectivity index is 2.17. The highest BCUT2D eigenvalue weighted by Crippen LogP contribution is 2.37. The summed E-state index contributed by atoms with van der Waals surface area (Å²) in [5.74, 6) is 0.686. The molecule has 4 heteroatoms. The van der Waals surface area contributed by atoms with Gasteiger partial charge in [0, 0.05) is 25.4 Å². The van der Waals surface area contributed by atoms with Crippen molar-refractivity contribution in [3.63, 3.8) is 0 Å². The van der Waals surface area contributed by atoms with Crippen molar-refractivity contribution >= 4 is 17.4 Å². The third-order valence-electron chi connectivity index (χ3n) is 4.09. The van der Waals surface area contributed by atoms with Gasteiger partial charge in [0.15, 0.2) is 5.78 Å². The Morgan fingerprint density at radius 1 is 1.60 bits per heavy atom. The number of hydrogen-bond acceptors (Lipinski definition) is 3. The van der Waals surface area contributed by atoms with Crippen LogP contribution < -0.4 is 0 Å². The molecular formula is C16H22ClNO2. The molecule has 0 aromatic carbocycles. The van der Waals surface area contributed by atoms with E-state index >= 15 is 0 Å². The Morgan fingerprint density at radius 2 is 2.40 bits per heavy atom. The predicted molar refractivity (Wildman–Crippen MR) is 79.9 cm³/mol. The van der Waals surface area contributed by atoms with Crippen molar-refractivity contribution in [1.82, 2.24) is 4.98 Å². The van der Waals surface area contributed by atoms with E-state index in [1.54, 1.807) is 12.4 Å². The van der Waals surface area contributed by atoms with Crippen molar-refractivity contribution in [1.29, 1.82) is 0 Å². The number of pyridine rings is 1. The molecule has 1 fully saturated rings. The van der Waals surface area contributed by atoms with E-state index in [0.717, 1.165) is 24.8 Å². The molecule has 0 N–H and O–H groups in total. The molecule has 20 heavy (non-hydrogen) atoms. The number of nitrogens with zero attached hydrogens (tertiary/aromatic N) is 1. The van der Waals surface area contributed by atoms with Gasteiger partial charge in [0.25, 0.3) is 0 Å². The van der Waals surface area contributed by atoms with E-state index < -0.39 is 5.60 Å².